The highest BCUT2D eigenvalue weighted by atomic mass is 16.7. The maximum Gasteiger partial charge on any atom is 0.311 e. The Balaban J connectivity index is 2.90. The number of ether oxygens (including phenoxy) is 2. The molecule has 0 saturated carbocycles. The van der Waals surface area contributed by atoms with Crippen molar-refractivity contribution >= 4 is 5.69 Å². The van der Waals surface area contributed by atoms with Gasteiger partial charge in [0.2, 0.25) is 0 Å². The molecule has 0 aliphatic rings. The van der Waals surface area contributed by atoms with Crippen molar-refractivity contribution in [2.75, 3.05) is 7.11 Å². The minimum atomic E-state index is -0.504. The fourth-order valence-corrected chi connectivity index (χ4v) is 0.935. The summed E-state index contributed by atoms with van der Waals surface area (Å²) in [5.74, 6) is 0.215. The van der Waals surface area contributed by atoms with Gasteiger partial charge in [-0.05, 0) is 13.0 Å². The molecule has 0 fully saturated rings. The predicted molar refractivity (Wildman–Crippen MR) is 50.2 cm³/mol. The van der Waals surface area contributed by atoms with Gasteiger partial charge in [0.05, 0.1) is 4.92 Å². The Morgan fingerprint density at radius 1 is 1.43 bits per heavy atom. The summed E-state index contributed by atoms with van der Waals surface area (Å²) >= 11 is 0. The highest BCUT2D eigenvalue weighted by molar-refractivity contribution is 5.45. The van der Waals surface area contributed by atoms with Gasteiger partial charge in [0.25, 0.3) is 0 Å². The summed E-state index contributed by atoms with van der Waals surface area (Å²) in [6, 6.07) is 6.18. The summed E-state index contributed by atoms with van der Waals surface area (Å²) in [5, 5.41) is 10.6. The summed E-state index contributed by atoms with van der Waals surface area (Å²) in [7, 11) is 1.47. The molecule has 0 radical (unpaired) electrons. The monoisotopic (exact) mass is 197 g/mol. The number of nitrogens with zero attached hydrogens (tertiary/aromatic N) is 1. The van der Waals surface area contributed by atoms with Crippen LogP contribution in [0.2, 0.25) is 0 Å². The average molecular weight is 197 g/mol. The summed E-state index contributed by atoms with van der Waals surface area (Å²) in [6.07, 6.45) is -0.504. The van der Waals surface area contributed by atoms with Gasteiger partial charge >= 0.3 is 5.69 Å². The largest absolute Gasteiger partial charge is 0.458 e. The Labute approximate surface area is 81.4 Å². The minimum Gasteiger partial charge on any atom is -0.458 e. The van der Waals surface area contributed by atoms with Crippen LogP contribution in [-0.4, -0.2) is 18.3 Å². The van der Waals surface area contributed by atoms with Gasteiger partial charge in [-0.2, -0.15) is 0 Å². The SMILES string of the molecule is COC(C)Oc1ccccc1[N+](=O)[O-]. The van der Waals surface area contributed by atoms with Crippen molar-refractivity contribution in [3.8, 4) is 5.75 Å². The van der Waals surface area contributed by atoms with Gasteiger partial charge < -0.3 is 9.47 Å². The molecule has 0 spiro atoms. The number of para-hydroxylation sites is 2. The molecular formula is C9H11NO4. The second-order valence-corrected chi connectivity index (χ2v) is 2.65. The Morgan fingerprint density at radius 2 is 2.07 bits per heavy atom. The van der Waals surface area contributed by atoms with Crippen molar-refractivity contribution in [1.82, 2.24) is 0 Å². The molecule has 5 nitrogen and oxygen atoms in total. The number of benzene rings is 1. The van der Waals surface area contributed by atoms with Crippen molar-refractivity contribution in [3.05, 3.63) is 34.4 Å². The third-order valence-electron chi connectivity index (χ3n) is 1.69. The normalized spacial score (nSPS) is 12.1. The molecule has 0 bridgehead atoms. The van der Waals surface area contributed by atoms with Crippen LogP contribution in [0.1, 0.15) is 6.92 Å². The van der Waals surface area contributed by atoms with Crippen molar-refractivity contribution in [3.63, 3.8) is 0 Å². The molecule has 0 aromatic heterocycles. The van der Waals surface area contributed by atoms with Gasteiger partial charge in [0, 0.05) is 13.2 Å². The summed E-state index contributed by atoms with van der Waals surface area (Å²) in [4.78, 5) is 10.1. The maximum atomic E-state index is 10.6. The lowest BCUT2D eigenvalue weighted by Crippen LogP contribution is -2.14. The molecule has 76 valence electrons. The van der Waals surface area contributed by atoms with E-state index in [2.05, 4.69) is 0 Å². The number of methoxy groups -OCH3 is 1. The van der Waals surface area contributed by atoms with E-state index >= 15 is 0 Å². The molecule has 1 aromatic rings. The van der Waals surface area contributed by atoms with E-state index in [9.17, 15) is 10.1 Å². The first kappa shape index (κ1) is 10.5. The Morgan fingerprint density at radius 3 is 2.64 bits per heavy atom. The van der Waals surface area contributed by atoms with Gasteiger partial charge in [0.1, 0.15) is 0 Å². The second-order valence-electron chi connectivity index (χ2n) is 2.65. The van der Waals surface area contributed by atoms with E-state index in [0.29, 0.717) is 0 Å². The lowest BCUT2D eigenvalue weighted by Gasteiger charge is -2.11. The van der Waals surface area contributed by atoms with Crippen molar-refractivity contribution in [2.24, 2.45) is 0 Å². The summed E-state index contributed by atoms with van der Waals surface area (Å²) in [6.45, 7) is 1.66. The summed E-state index contributed by atoms with van der Waals surface area (Å²) < 4.78 is 10.0. The van der Waals surface area contributed by atoms with Gasteiger partial charge in [-0.25, -0.2) is 0 Å². The van der Waals surface area contributed by atoms with Gasteiger partial charge in [0.15, 0.2) is 12.0 Å². The maximum absolute atomic E-state index is 10.6. The van der Waals surface area contributed by atoms with Gasteiger partial charge in [-0.1, -0.05) is 12.1 Å². The fraction of sp³-hybridized carbons (Fsp3) is 0.333. The molecule has 0 aliphatic heterocycles. The minimum absolute atomic E-state index is 0.0589. The van der Waals surface area contributed by atoms with Crippen LogP contribution in [0.3, 0.4) is 0 Å². The molecule has 1 atom stereocenters. The predicted octanol–water partition coefficient (Wildman–Crippen LogP) is 1.97. The Hall–Kier alpha value is -1.62. The van der Waals surface area contributed by atoms with Crippen LogP contribution < -0.4 is 4.74 Å². The van der Waals surface area contributed by atoms with E-state index in [1.165, 1.54) is 19.2 Å². The molecule has 0 aliphatic carbocycles. The fourth-order valence-electron chi connectivity index (χ4n) is 0.935. The van der Waals surface area contributed by atoms with E-state index in [-0.39, 0.29) is 11.4 Å². The molecule has 0 amide bonds. The third kappa shape index (κ3) is 2.43. The number of hydrogen-bond donors (Lipinski definition) is 0. The smallest absolute Gasteiger partial charge is 0.311 e. The lowest BCUT2D eigenvalue weighted by atomic mass is 10.3. The standard InChI is InChI=1S/C9H11NO4/c1-7(13-2)14-9-6-4-3-5-8(9)10(11)12/h3-7H,1-2H3. The zero-order valence-corrected chi connectivity index (χ0v) is 7.97. The van der Waals surface area contributed by atoms with Crippen LogP contribution in [0.4, 0.5) is 5.69 Å². The Bertz CT molecular complexity index is 326. The van der Waals surface area contributed by atoms with Crippen molar-refractivity contribution in [2.45, 2.75) is 13.2 Å². The number of nitro benzene ring substituents is 1. The highest BCUT2D eigenvalue weighted by Gasteiger charge is 2.15. The van der Waals surface area contributed by atoms with Crippen molar-refractivity contribution in [1.29, 1.82) is 0 Å². The first-order valence-corrected chi connectivity index (χ1v) is 4.08. The second kappa shape index (κ2) is 4.57. The van der Waals surface area contributed by atoms with E-state index in [4.69, 9.17) is 9.47 Å². The van der Waals surface area contributed by atoms with Crippen LogP contribution in [0.5, 0.6) is 5.75 Å². The average Bonchev–Trinajstić information content (AvgIpc) is 2.18. The van der Waals surface area contributed by atoms with Crippen molar-refractivity contribution < 1.29 is 14.4 Å². The van der Waals surface area contributed by atoms with E-state index in [0.717, 1.165) is 0 Å². The van der Waals surface area contributed by atoms with E-state index < -0.39 is 11.2 Å². The first-order valence-electron chi connectivity index (χ1n) is 4.08. The van der Waals surface area contributed by atoms with E-state index in [1.54, 1.807) is 19.1 Å². The molecule has 1 unspecified atom stereocenters. The zero-order chi connectivity index (χ0) is 10.6. The molecule has 1 aromatic carbocycles. The van der Waals surface area contributed by atoms with Crippen LogP contribution in [0.25, 0.3) is 0 Å². The zero-order valence-electron chi connectivity index (χ0n) is 7.97. The van der Waals surface area contributed by atoms with Crippen LogP contribution in [-0.2, 0) is 4.74 Å². The molecular weight excluding hydrogens is 186 g/mol. The molecule has 1 rings (SSSR count). The van der Waals surface area contributed by atoms with Crippen LogP contribution in [0, 0.1) is 10.1 Å². The third-order valence-corrected chi connectivity index (χ3v) is 1.69. The van der Waals surface area contributed by atoms with Gasteiger partial charge in [-0.3, -0.25) is 10.1 Å². The number of nitro groups is 1. The molecule has 0 heterocycles. The lowest BCUT2D eigenvalue weighted by molar-refractivity contribution is -0.386. The quantitative estimate of drug-likeness (QED) is 0.420. The molecule has 14 heavy (non-hydrogen) atoms. The Kier molecular flexibility index (Phi) is 3.41. The number of hydrogen-bond acceptors (Lipinski definition) is 4. The number of rotatable bonds is 4. The molecule has 0 saturated heterocycles. The highest BCUT2D eigenvalue weighted by Crippen LogP contribution is 2.26. The topological polar surface area (TPSA) is 61.6 Å². The van der Waals surface area contributed by atoms with E-state index in [1.807, 2.05) is 0 Å². The van der Waals surface area contributed by atoms with Crippen LogP contribution in [0.15, 0.2) is 24.3 Å². The van der Waals surface area contributed by atoms with Crippen LogP contribution >= 0.6 is 0 Å². The summed E-state index contributed by atoms with van der Waals surface area (Å²) in [5.41, 5.74) is -0.0589. The van der Waals surface area contributed by atoms with Gasteiger partial charge in [-0.15, -0.1) is 0 Å². The molecule has 5 heteroatoms. The first-order chi connectivity index (χ1) is 6.65. The molecule has 0 N–H and O–H groups in total.